The van der Waals surface area contributed by atoms with Crippen molar-refractivity contribution in [3.8, 4) is 5.75 Å². The molecule has 5 heteroatoms. The van der Waals surface area contributed by atoms with Gasteiger partial charge in [-0.1, -0.05) is 6.92 Å². The van der Waals surface area contributed by atoms with Gasteiger partial charge < -0.3 is 10.5 Å². The first-order valence-electron chi connectivity index (χ1n) is 6.47. The zero-order chi connectivity index (χ0) is 14.5. The second kappa shape index (κ2) is 7.20. The summed E-state index contributed by atoms with van der Waals surface area (Å²) in [5, 5.41) is 2.00. The van der Waals surface area contributed by atoms with Gasteiger partial charge in [-0.05, 0) is 52.5 Å². The fourth-order valence-electron chi connectivity index (χ4n) is 1.85. The van der Waals surface area contributed by atoms with E-state index in [0.29, 0.717) is 18.8 Å². The molecule has 2 rings (SSSR count). The maximum absolute atomic E-state index is 13.6. The van der Waals surface area contributed by atoms with E-state index in [4.69, 9.17) is 10.5 Å². The fourth-order valence-corrected chi connectivity index (χ4v) is 3.22. The molecule has 2 N–H and O–H groups in total. The Bertz CT molecular complexity index is 573. The van der Waals surface area contributed by atoms with Crippen LogP contribution in [0.3, 0.4) is 0 Å². The van der Waals surface area contributed by atoms with Crippen LogP contribution in [-0.4, -0.2) is 6.04 Å². The van der Waals surface area contributed by atoms with Crippen molar-refractivity contribution in [2.75, 3.05) is 0 Å². The lowest BCUT2D eigenvalue weighted by Gasteiger charge is -2.11. The molecule has 1 unspecified atom stereocenters. The van der Waals surface area contributed by atoms with Crippen LogP contribution in [0.2, 0.25) is 0 Å². The highest BCUT2D eigenvalue weighted by molar-refractivity contribution is 9.10. The second-order valence-corrected chi connectivity index (χ2v) is 6.60. The molecule has 2 nitrogen and oxygen atoms in total. The van der Waals surface area contributed by atoms with E-state index in [1.165, 1.54) is 12.1 Å². The van der Waals surface area contributed by atoms with E-state index in [-0.39, 0.29) is 11.9 Å². The lowest BCUT2D eigenvalue weighted by atomic mass is 10.0. The molecule has 1 aromatic heterocycles. The lowest BCUT2D eigenvalue weighted by molar-refractivity contribution is 0.307. The molecule has 20 heavy (non-hydrogen) atoms. The summed E-state index contributed by atoms with van der Waals surface area (Å²) in [6.45, 7) is 2.47. The number of halogens is 2. The van der Waals surface area contributed by atoms with Gasteiger partial charge in [0.2, 0.25) is 0 Å². The van der Waals surface area contributed by atoms with Crippen molar-refractivity contribution < 1.29 is 9.13 Å². The van der Waals surface area contributed by atoms with Crippen molar-refractivity contribution in [1.29, 1.82) is 0 Å². The van der Waals surface area contributed by atoms with E-state index in [9.17, 15) is 4.39 Å². The minimum Gasteiger partial charge on any atom is -0.488 e. The molecule has 0 aliphatic carbocycles. The number of benzene rings is 1. The van der Waals surface area contributed by atoms with Gasteiger partial charge in [0.15, 0.2) is 0 Å². The predicted molar refractivity (Wildman–Crippen MR) is 84.7 cm³/mol. The number of thiophene rings is 1. The molecule has 1 heterocycles. The van der Waals surface area contributed by atoms with Gasteiger partial charge in [0.25, 0.3) is 0 Å². The van der Waals surface area contributed by atoms with Gasteiger partial charge in [0.05, 0.1) is 0 Å². The Morgan fingerprint density at radius 1 is 1.35 bits per heavy atom. The zero-order valence-corrected chi connectivity index (χ0v) is 13.6. The average molecular weight is 358 g/mol. The number of rotatable bonds is 6. The van der Waals surface area contributed by atoms with Crippen LogP contribution in [0.15, 0.2) is 34.1 Å². The van der Waals surface area contributed by atoms with Gasteiger partial charge in [-0.3, -0.25) is 0 Å². The molecule has 0 radical (unpaired) electrons. The summed E-state index contributed by atoms with van der Waals surface area (Å²) in [7, 11) is 0. The van der Waals surface area contributed by atoms with Crippen LogP contribution in [0.1, 0.15) is 23.8 Å². The summed E-state index contributed by atoms with van der Waals surface area (Å²) in [4.78, 5) is 1.09. The zero-order valence-electron chi connectivity index (χ0n) is 11.2. The van der Waals surface area contributed by atoms with Gasteiger partial charge >= 0.3 is 0 Å². The highest BCUT2D eigenvalue weighted by Gasteiger charge is 2.07. The molecule has 108 valence electrons. The van der Waals surface area contributed by atoms with Crippen molar-refractivity contribution >= 4 is 27.3 Å². The Morgan fingerprint density at radius 2 is 2.15 bits per heavy atom. The molecule has 1 atom stereocenters. The van der Waals surface area contributed by atoms with Gasteiger partial charge in [-0.25, -0.2) is 4.39 Å². The highest BCUT2D eigenvalue weighted by atomic mass is 79.9. The molecular formula is C15H17BrFNOS. The smallest absolute Gasteiger partial charge is 0.127 e. The SMILES string of the molecule is CCC(N)Cc1cc(F)cc(OCc2cc(Br)cs2)c1. The average Bonchev–Trinajstić information content (AvgIpc) is 2.81. The molecule has 0 fully saturated rings. The van der Waals surface area contributed by atoms with Crippen molar-refractivity contribution in [2.24, 2.45) is 5.73 Å². The van der Waals surface area contributed by atoms with E-state index in [1.54, 1.807) is 11.3 Å². The third kappa shape index (κ3) is 4.58. The number of nitrogens with two attached hydrogens (primary N) is 1. The van der Waals surface area contributed by atoms with E-state index < -0.39 is 0 Å². The van der Waals surface area contributed by atoms with Crippen molar-refractivity contribution in [2.45, 2.75) is 32.4 Å². The van der Waals surface area contributed by atoms with E-state index in [2.05, 4.69) is 15.9 Å². The summed E-state index contributed by atoms with van der Waals surface area (Å²) in [6.07, 6.45) is 1.53. The van der Waals surface area contributed by atoms with Crippen LogP contribution in [-0.2, 0) is 13.0 Å². The Morgan fingerprint density at radius 3 is 2.80 bits per heavy atom. The Kier molecular flexibility index (Phi) is 5.57. The topological polar surface area (TPSA) is 35.2 Å². The minimum atomic E-state index is -0.284. The van der Waals surface area contributed by atoms with Gasteiger partial charge in [-0.2, -0.15) is 0 Å². The summed E-state index contributed by atoms with van der Waals surface area (Å²) in [5.74, 6) is 0.265. The van der Waals surface area contributed by atoms with E-state index >= 15 is 0 Å². The van der Waals surface area contributed by atoms with Crippen LogP contribution < -0.4 is 10.5 Å². The summed E-state index contributed by atoms with van der Waals surface area (Å²) < 4.78 is 20.3. The number of hydrogen-bond donors (Lipinski definition) is 1. The standard InChI is InChI=1S/C15H17BrFNOS/c1-2-13(18)4-10-3-12(17)7-14(5-10)19-8-15-6-11(16)9-20-15/h3,5-7,9,13H,2,4,8,18H2,1H3. The van der Waals surface area contributed by atoms with Crippen molar-refractivity contribution in [3.05, 3.63) is 50.4 Å². The molecule has 0 bridgehead atoms. The minimum absolute atomic E-state index is 0.0536. The Hall–Kier alpha value is -0.910. The van der Waals surface area contributed by atoms with Crippen LogP contribution in [0.25, 0.3) is 0 Å². The number of hydrogen-bond acceptors (Lipinski definition) is 3. The molecule has 2 aromatic rings. The molecule has 0 aliphatic heterocycles. The van der Waals surface area contributed by atoms with Gasteiger partial charge in [-0.15, -0.1) is 11.3 Å². The summed E-state index contributed by atoms with van der Waals surface area (Å²) in [5.41, 5.74) is 6.78. The fraction of sp³-hybridized carbons (Fsp3) is 0.333. The normalized spacial score (nSPS) is 12.4. The predicted octanol–water partition coefficient (Wildman–Crippen LogP) is 4.51. The Labute approximate surface area is 130 Å². The third-order valence-corrected chi connectivity index (χ3v) is 4.63. The maximum Gasteiger partial charge on any atom is 0.127 e. The first kappa shape index (κ1) is 15.5. The largest absolute Gasteiger partial charge is 0.488 e. The van der Waals surface area contributed by atoms with Crippen LogP contribution >= 0.6 is 27.3 Å². The van der Waals surface area contributed by atoms with Gasteiger partial charge in [0, 0.05) is 26.8 Å². The van der Waals surface area contributed by atoms with Gasteiger partial charge in [0.1, 0.15) is 18.2 Å². The van der Waals surface area contributed by atoms with Crippen LogP contribution in [0.4, 0.5) is 4.39 Å². The molecule has 0 aliphatic rings. The Balaban J connectivity index is 2.03. The monoisotopic (exact) mass is 357 g/mol. The van der Waals surface area contributed by atoms with Crippen LogP contribution in [0, 0.1) is 5.82 Å². The molecule has 0 saturated carbocycles. The quantitative estimate of drug-likeness (QED) is 0.825. The summed E-state index contributed by atoms with van der Waals surface area (Å²) >= 11 is 5.00. The van der Waals surface area contributed by atoms with Crippen molar-refractivity contribution in [1.82, 2.24) is 0 Å². The molecular weight excluding hydrogens is 341 g/mol. The first-order valence-corrected chi connectivity index (χ1v) is 8.15. The number of ether oxygens (including phenoxy) is 1. The molecule has 0 spiro atoms. The molecule has 0 saturated heterocycles. The molecule has 1 aromatic carbocycles. The third-order valence-electron chi connectivity index (χ3n) is 2.96. The van der Waals surface area contributed by atoms with E-state index in [0.717, 1.165) is 21.3 Å². The highest BCUT2D eigenvalue weighted by Crippen LogP contribution is 2.23. The summed E-state index contributed by atoms with van der Waals surface area (Å²) in [6, 6.07) is 6.84. The second-order valence-electron chi connectivity index (χ2n) is 4.69. The van der Waals surface area contributed by atoms with E-state index in [1.807, 2.05) is 24.4 Å². The maximum atomic E-state index is 13.6. The first-order chi connectivity index (χ1) is 9.56. The van der Waals surface area contributed by atoms with Crippen LogP contribution in [0.5, 0.6) is 5.75 Å². The lowest BCUT2D eigenvalue weighted by Crippen LogP contribution is -2.21. The molecule has 0 amide bonds. The van der Waals surface area contributed by atoms with Crippen molar-refractivity contribution in [3.63, 3.8) is 0 Å².